The Hall–Kier alpha value is -1.74. The number of fused-ring (bicyclic) bond motifs is 1. The quantitative estimate of drug-likeness (QED) is 0.784. The second-order valence-corrected chi connectivity index (χ2v) is 8.14. The van der Waals surface area contributed by atoms with Gasteiger partial charge in [0.25, 0.3) is 0 Å². The summed E-state index contributed by atoms with van der Waals surface area (Å²) in [6, 6.07) is 20.7. The van der Waals surface area contributed by atoms with Gasteiger partial charge < -0.3 is 4.74 Å². The molecule has 2 nitrogen and oxygen atoms in total. The molecule has 2 aromatic carbocycles. The molecule has 3 heteroatoms. The zero-order chi connectivity index (χ0) is 15.5. The van der Waals surface area contributed by atoms with Gasteiger partial charge in [-0.25, -0.2) is 0 Å². The van der Waals surface area contributed by atoms with Gasteiger partial charge in [0.15, 0.2) is 0 Å². The molecule has 2 aromatic rings. The number of esters is 1. The van der Waals surface area contributed by atoms with Gasteiger partial charge in [0, 0.05) is 16.7 Å². The highest BCUT2D eigenvalue weighted by Crippen LogP contribution is 2.77. The molecule has 4 atom stereocenters. The van der Waals surface area contributed by atoms with Crippen molar-refractivity contribution in [2.24, 2.45) is 11.8 Å². The number of hydrogen-bond acceptors (Lipinski definition) is 3. The minimum atomic E-state index is -0.366. The summed E-state index contributed by atoms with van der Waals surface area (Å²) < 4.78 is 5.73. The molecule has 0 N–H and O–H groups in total. The van der Waals surface area contributed by atoms with E-state index in [4.69, 9.17) is 4.74 Å². The summed E-state index contributed by atoms with van der Waals surface area (Å²) in [6.45, 7) is 0. The first-order chi connectivity index (χ1) is 11.3. The Morgan fingerprint density at radius 3 is 2.17 bits per heavy atom. The van der Waals surface area contributed by atoms with Crippen molar-refractivity contribution >= 4 is 17.7 Å². The Bertz CT molecular complexity index is 744. The summed E-state index contributed by atoms with van der Waals surface area (Å²) in [7, 11) is 0. The van der Waals surface area contributed by atoms with E-state index in [-0.39, 0.29) is 16.3 Å². The van der Waals surface area contributed by atoms with E-state index in [9.17, 15) is 4.79 Å². The fraction of sp³-hybridized carbons (Fsp3) is 0.350. The van der Waals surface area contributed by atoms with Crippen molar-refractivity contribution in [3.8, 4) is 0 Å². The lowest BCUT2D eigenvalue weighted by molar-refractivity contribution is -0.154. The predicted molar refractivity (Wildman–Crippen MR) is 90.1 cm³/mol. The van der Waals surface area contributed by atoms with Crippen molar-refractivity contribution < 1.29 is 9.53 Å². The first-order valence-corrected chi connectivity index (χ1v) is 9.13. The monoisotopic (exact) mass is 322 g/mol. The summed E-state index contributed by atoms with van der Waals surface area (Å²) in [5.74, 6) is 0.604. The molecule has 0 spiro atoms. The number of ether oxygens (including phenoxy) is 1. The van der Waals surface area contributed by atoms with Crippen molar-refractivity contribution in [1.29, 1.82) is 0 Å². The molecular formula is C20H18O2S. The van der Waals surface area contributed by atoms with Gasteiger partial charge in [0.2, 0.25) is 0 Å². The zero-order valence-electron chi connectivity index (χ0n) is 12.8. The highest BCUT2D eigenvalue weighted by atomic mass is 32.2. The van der Waals surface area contributed by atoms with Crippen LogP contribution in [0.25, 0.3) is 0 Å². The van der Waals surface area contributed by atoms with Crippen LogP contribution in [0.3, 0.4) is 0 Å². The summed E-state index contributed by atoms with van der Waals surface area (Å²) in [5.41, 5.74) is 0.822. The van der Waals surface area contributed by atoms with E-state index < -0.39 is 0 Å². The third-order valence-electron chi connectivity index (χ3n) is 5.89. The van der Waals surface area contributed by atoms with E-state index >= 15 is 0 Å². The van der Waals surface area contributed by atoms with Crippen LogP contribution in [0.1, 0.15) is 24.8 Å². The van der Waals surface area contributed by atoms with Crippen LogP contribution in [-0.4, -0.2) is 10.7 Å². The third kappa shape index (κ3) is 1.54. The number of benzene rings is 2. The fourth-order valence-electron chi connectivity index (χ4n) is 5.10. The Morgan fingerprint density at radius 2 is 1.52 bits per heavy atom. The molecule has 23 heavy (non-hydrogen) atoms. The summed E-state index contributed by atoms with van der Waals surface area (Å²) in [4.78, 5) is 14.1. The van der Waals surface area contributed by atoms with Gasteiger partial charge in [-0.3, -0.25) is 4.79 Å². The number of carbonyl (C=O) groups excluding carboxylic acids is 1. The van der Waals surface area contributed by atoms with Crippen molar-refractivity contribution in [1.82, 2.24) is 0 Å². The van der Waals surface area contributed by atoms with Gasteiger partial charge in [-0.15, -0.1) is 11.8 Å². The summed E-state index contributed by atoms with van der Waals surface area (Å²) >= 11 is 1.74. The Morgan fingerprint density at radius 1 is 0.913 bits per heavy atom. The van der Waals surface area contributed by atoms with Crippen molar-refractivity contribution in [3.63, 3.8) is 0 Å². The molecule has 2 aliphatic heterocycles. The molecule has 4 bridgehead atoms. The molecule has 2 heterocycles. The minimum Gasteiger partial charge on any atom is -0.452 e. The van der Waals surface area contributed by atoms with Crippen molar-refractivity contribution in [2.75, 3.05) is 0 Å². The van der Waals surface area contributed by atoms with E-state index in [1.165, 1.54) is 16.9 Å². The molecule has 0 aromatic heterocycles. The molecule has 116 valence electrons. The molecule has 0 amide bonds. The molecule has 2 saturated carbocycles. The molecule has 2 unspecified atom stereocenters. The molecule has 2 aliphatic carbocycles. The van der Waals surface area contributed by atoms with Crippen LogP contribution < -0.4 is 0 Å². The van der Waals surface area contributed by atoms with Gasteiger partial charge in [0.05, 0.1) is 0 Å². The Labute approximate surface area is 140 Å². The van der Waals surface area contributed by atoms with Gasteiger partial charge >= 0.3 is 5.97 Å². The second kappa shape index (κ2) is 4.64. The number of rotatable bonds is 3. The fourth-order valence-corrected chi connectivity index (χ4v) is 6.78. The lowest BCUT2D eigenvalue weighted by Gasteiger charge is -2.60. The van der Waals surface area contributed by atoms with Crippen LogP contribution in [0.5, 0.6) is 0 Å². The average molecular weight is 322 g/mol. The smallest absolute Gasteiger partial charge is 0.324 e. The van der Waals surface area contributed by atoms with Crippen LogP contribution in [-0.2, 0) is 15.1 Å². The molecule has 6 rings (SSSR count). The maximum absolute atomic E-state index is 12.9. The van der Waals surface area contributed by atoms with Gasteiger partial charge in [-0.2, -0.15) is 0 Å². The van der Waals surface area contributed by atoms with Crippen LogP contribution in [0.15, 0.2) is 65.6 Å². The zero-order valence-corrected chi connectivity index (χ0v) is 13.6. The maximum atomic E-state index is 12.9. The molecule has 0 radical (unpaired) electrons. The Kier molecular flexibility index (Phi) is 2.76. The van der Waals surface area contributed by atoms with Gasteiger partial charge in [0.1, 0.15) is 10.3 Å². The normalized spacial score (nSPS) is 37.1. The van der Waals surface area contributed by atoms with E-state index in [0.717, 1.165) is 12.8 Å². The van der Waals surface area contributed by atoms with E-state index in [1.54, 1.807) is 11.8 Å². The van der Waals surface area contributed by atoms with Crippen LogP contribution in [0.4, 0.5) is 0 Å². The first-order valence-electron chi connectivity index (χ1n) is 8.31. The van der Waals surface area contributed by atoms with Crippen molar-refractivity contribution in [3.05, 3.63) is 66.2 Å². The lowest BCUT2D eigenvalue weighted by Crippen LogP contribution is -2.67. The van der Waals surface area contributed by atoms with E-state index in [1.807, 2.05) is 24.3 Å². The maximum Gasteiger partial charge on any atom is 0.324 e. The molecule has 4 aliphatic rings. The average Bonchev–Trinajstić information content (AvgIpc) is 3.03. The number of thioether (sulfide) groups is 1. The second-order valence-electron chi connectivity index (χ2n) is 6.79. The van der Waals surface area contributed by atoms with Crippen LogP contribution in [0.2, 0.25) is 0 Å². The molecular weight excluding hydrogens is 304 g/mol. The highest BCUT2D eigenvalue weighted by Gasteiger charge is 2.84. The SMILES string of the molecule is O=C1OC2(c3ccccc3)[C@@H]3CCC[C@H]2C13Sc1ccccc1. The van der Waals surface area contributed by atoms with Gasteiger partial charge in [-0.05, 0) is 30.5 Å². The van der Waals surface area contributed by atoms with Crippen LogP contribution >= 0.6 is 11.8 Å². The largest absolute Gasteiger partial charge is 0.452 e. The number of carbonyl (C=O) groups is 1. The van der Waals surface area contributed by atoms with Crippen molar-refractivity contribution in [2.45, 2.75) is 34.5 Å². The minimum absolute atomic E-state index is 0.00454. The van der Waals surface area contributed by atoms with Crippen LogP contribution in [0, 0.1) is 11.8 Å². The molecule has 2 saturated heterocycles. The third-order valence-corrected chi connectivity index (χ3v) is 7.47. The molecule has 4 fully saturated rings. The topological polar surface area (TPSA) is 26.3 Å². The van der Waals surface area contributed by atoms with E-state index in [0.29, 0.717) is 11.8 Å². The van der Waals surface area contributed by atoms with Gasteiger partial charge in [-0.1, -0.05) is 55.0 Å². The predicted octanol–water partition coefficient (Wildman–Crippen LogP) is 4.40. The summed E-state index contributed by atoms with van der Waals surface area (Å²) in [5, 5.41) is 0. The number of hydrogen-bond donors (Lipinski definition) is 0. The highest BCUT2D eigenvalue weighted by molar-refractivity contribution is 8.01. The van der Waals surface area contributed by atoms with E-state index in [2.05, 4.69) is 36.4 Å². The Balaban J connectivity index is 1.59. The standard InChI is InChI=1S/C20H18O2S/c21-18-20(23-15-10-5-2-6-11-15)16-12-7-13-17(20)19(16,22-18)14-8-3-1-4-9-14/h1-6,8-11,16-17H,7,12-13H2/t16-,17+,19?,20?. The lowest BCUT2D eigenvalue weighted by atomic mass is 9.47. The summed E-state index contributed by atoms with van der Waals surface area (Å²) in [6.07, 6.45) is 3.37. The first kappa shape index (κ1) is 13.7.